The third-order valence-corrected chi connectivity index (χ3v) is 2.50. The third-order valence-electron chi connectivity index (χ3n) is 2.50. The maximum Gasteiger partial charge on any atom is 0.264 e. The third kappa shape index (κ3) is 1.56. The largest absolute Gasteiger partial charge is 0.269 e. The van der Waals surface area contributed by atoms with Gasteiger partial charge in [-0.1, -0.05) is 0 Å². The van der Waals surface area contributed by atoms with Crippen LogP contribution in [-0.4, -0.2) is 20.0 Å². The van der Waals surface area contributed by atoms with Gasteiger partial charge in [-0.3, -0.25) is 9.48 Å². The second-order valence-corrected chi connectivity index (χ2v) is 3.75. The van der Waals surface area contributed by atoms with Crippen LogP contribution in [0.3, 0.4) is 0 Å². The maximum absolute atomic E-state index is 10.8. The average molecular weight is 202 g/mol. The van der Waals surface area contributed by atoms with Gasteiger partial charge in [0.2, 0.25) is 0 Å². The molecular formula is C10H10N4O. The zero-order valence-electron chi connectivity index (χ0n) is 8.05. The van der Waals surface area contributed by atoms with Crippen molar-refractivity contribution in [3.05, 3.63) is 34.9 Å². The van der Waals surface area contributed by atoms with Crippen molar-refractivity contribution in [2.45, 2.75) is 18.9 Å². The Hall–Kier alpha value is -1.91. The molecule has 1 aliphatic carbocycles. The minimum absolute atomic E-state index is 0.187. The van der Waals surface area contributed by atoms with E-state index < -0.39 is 0 Å². The van der Waals surface area contributed by atoms with E-state index in [2.05, 4.69) is 15.3 Å². The molecule has 1 N–H and O–H groups in total. The Morgan fingerprint density at radius 2 is 2.27 bits per heavy atom. The summed E-state index contributed by atoms with van der Waals surface area (Å²) in [5, 5.41) is 10.6. The highest BCUT2D eigenvalue weighted by Gasteiger charge is 2.24. The SMILES string of the molecule is O=c1ccc(-c2cnn(C3CC3)c2)n[nH]1. The molecule has 3 rings (SSSR count). The van der Waals surface area contributed by atoms with Gasteiger partial charge in [0.25, 0.3) is 5.56 Å². The molecule has 2 aromatic rings. The van der Waals surface area contributed by atoms with Crippen molar-refractivity contribution in [1.29, 1.82) is 0 Å². The van der Waals surface area contributed by atoms with Crippen LogP contribution in [0.25, 0.3) is 11.3 Å². The molecule has 76 valence electrons. The lowest BCUT2D eigenvalue weighted by atomic mass is 10.2. The molecule has 0 amide bonds. The van der Waals surface area contributed by atoms with Crippen LogP contribution in [-0.2, 0) is 0 Å². The van der Waals surface area contributed by atoms with Gasteiger partial charge in [-0.05, 0) is 18.9 Å². The molecule has 2 heterocycles. The van der Waals surface area contributed by atoms with Crippen LogP contribution in [0.2, 0.25) is 0 Å². The van der Waals surface area contributed by atoms with E-state index in [-0.39, 0.29) is 5.56 Å². The Morgan fingerprint density at radius 3 is 2.93 bits per heavy atom. The van der Waals surface area contributed by atoms with Crippen molar-refractivity contribution < 1.29 is 0 Å². The number of aromatic nitrogens is 4. The van der Waals surface area contributed by atoms with E-state index in [4.69, 9.17) is 0 Å². The van der Waals surface area contributed by atoms with Crippen LogP contribution in [0, 0.1) is 0 Å². The van der Waals surface area contributed by atoms with Crippen molar-refractivity contribution in [3.8, 4) is 11.3 Å². The van der Waals surface area contributed by atoms with Gasteiger partial charge in [-0.25, -0.2) is 5.10 Å². The van der Waals surface area contributed by atoms with Crippen molar-refractivity contribution >= 4 is 0 Å². The molecule has 5 nitrogen and oxygen atoms in total. The van der Waals surface area contributed by atoms with Gasteiger partial charge in [0.15, 0.2) is 0 Å². The molecule has 1 saturated carbocycles. The fourth-order valence-electron chi connectivity index (χ4n) is 1.51. The first-order valence-electron chi connectivity index (χ1n) is 4.93. The molecular weight excluding hydrogens is 192 g/mol. The lowest BCUT2D eigenvalue weighted by molar-refractivity contribution is 0.642. The van der Waals surface area contributed by atoms with Gasteiger partial charge >= 0.3 is 0 Å². The predicted molar refractivity (Wildman–Crippen MR) is 54.3 cm³/mol. The molecule has 2 aromatic heterocycles. The molecule has 0 unspecified atom stereocenters. The molecule has 1 aliphatic rings. The van der Waals surface area contributed by atoms with Crippen molar-refractivity contribution in [2.24, 2.45) is 0 Å². The average Bonchev–Trinajstić information content (AvgIpc) is 2.99. The summed E-state index contributed by atoms with van der Waals surface area (Å²) in [5.41, 5.74) is 1.51. The summed E-state index contributed by atoms with van der Waals surface area (Å²) in [7, 11) is 0. The molecule has 0 saturated heterocycles. The maximum atomic E-state index is 10.8. The fraction of sp³-hybridized carbons (Fsp3) is 0.300. The lowest BCUT2D eigenvalue weighted by Gasteiger charge is -1.94. The first kappa shape index (κ1) is 8.40. The van der Waals surface area contributed by atoms with Crippen molar-refractivity contribution in [2.75, 3.05) is 0 Å². The Kier molecular flexibility index (Phi) is 1.71. The van der Waals surface area contributed by atoms with Gasteiger partial charge in [0.05, 0.1) is 17.9 Å². The first-order chi connectivity index (χ1) is 7.33. The summed E-state index contributed by atoms with van der Waals surface area (Å²) >= 11 is 0. The normalized spacial score (nSPS) is 15.5. The van der Waals surface area contributed by atoms with Gasteiger partial charge in [0, 0.05) is 17.8 Å². The number of hydrogen-bond donors (Lipinski definition) is 1. The van der Waals surface area contributed by atoms with E-state index in [0.29, 0.717) is 6.04 Å². The molecule has 0 radical (unpaired) electrons. The van der Waals surface area contributed by atoms with E-state index in [1.54, 1.807) is 12.3 Å². The molecule has 5 heteroatoms. The zero-order valence-corrected chi connectivity index (χ0v) is 8.05. The Morgan fingerprint density at radius 1 is 1.40 bits per heavy atom. The Balaban J connectivity index is 1.97. The number of hydrogen-bond acceptors (Lipinski definition) is 3. The number of nitrogens with zero attached hydrogens (tertiary/aromatic N) is 3. The van der Waals surface area contributed by atoms with Gasteiger partial charge in [0.1, 0.15) is 0 Å². The van der Waals surface area contributed by atoms with Crippen LogP contribution in [0.1, 0.15) is 18.9 Å². The molecule has 15 heavy (non-hydrogen) atoms. The Labute approximate surface area is 85.8 Å². The van der Waals surface area contributed by atoms with Crippen LogP contribution in [0.15, 0.2) is 29.3 Å². The summed E-state index contributed by atoms with van der Waals surface area (Å²) in [6.07, 6.45) is 6.16. The number of nitrogens with one attached hydrogen (secondary N) is 1. The first-order valence-corrected chi connectivity index (χ1v) is 4.93. The van der Waals surface area contributed by atoms with E-state index in [9.17, 15) is 4.79 Å². The molecule has 0 atom stereocenters. The van der Waals surface area contributed by atoms with Gasteiger partial charge in [-0.15, -0.1) is 0 Å². The quantitative estimate of drug-likeness (QED) is 0.789. The van der Waals surface area contributed by atoms with Crippen LogP contribution < -0.4 is 5.56 Å². The highest BCUT2D eigenvalue weighted by Crippen LogP contribution is 2.34. The second kappa shape index (κ2) is 3.05. The summed E-state index contributed by atoms with van der Waals surface area (Å²) in [6.45, 7) is 0. The van der Waals surface area contributed by atoms with E-state index >= 15 is 0 Å². The van der Waals surface area contributed by atoms with Gasteiger partial charge < -0.3 is 0 Å². The second-order valence-electron chi connectivity index (χ2n) is 3.75. The van der Waals surface area contributed by atoms with Gasteiger partial charge in [-0.2, -0.15) is 10.2 Å². The summed E-state index contributed by atoms with van der Waals surface area (Å²) in [4.78, 5) is 10.8. The van der Waals surface area contributed by atoms with Crippen LogP contribution in [0.4, 0.5) is 0 Å². The number of H-pyrrole nitrogens is 1. The molecule has 0 aromatic carbocycles. The smallest absolute Gasteiger partial charge is 0.264 e. The summed E-state index contributed by atoms with van der Waals surface area (Å²) in [5.74, 6) is 0. The Bertz CT molecular complexity index is 518. The summed E-state index contributed by atoms with van der Waals surface area (Å²) in [6, 6.07) is 3.74. The molecule has 0 aliphatic heterocycles. The predicted octanol–water partition coefficient (Wildman–Crippen LogP) is 0.968. The van der Waals surface area contributed by atoms with Crippen molar-refractivity contribution in [1.82, 2.24) is 20.0 Å². The van der Waals surface area contributed by atoms with E-state index in [0.717, 1.165) is 11.3 Å². The van der Waals surface area contributed by atoms with Crippen LogP contribution >= 0.6 is 0 Å². The minimum Gasteiger partial charge on any atom is -0.269 e. The van der Waals surface area contributed by atoms with E-state index in [1.165, 1.54) is 18.9 Å². The minimum atomic E-state index is -0.187. The standard InChI is InChI=1S/C10H10N4O/c15-10-4-3-9(12-13-10)7-5-11-14(6-7)8-1-2-8/h3-6,8H,1-2H2,(H,13,15). The monoisotopic (exact) mass is 202 g/mol. The highest BCUT2D eigenvalue weighted by molar-refractivity contribution is 5.55. The molecule has 0 bridgehead atoms. The number of aromatic amines is 1. The van der Waals surface area contributed by atoms with Crippen molar-refractivity contribution in [3.63, 3.8) is 0 Å². The highest BCUT2D eigenvalue weighted by atomic mass is 16.1. The topological polar surface area (TPSA) is 63.6 Å². The van der Waals surface area contributed by atoms with Crippen LogP contribution in [0.5, 0.6) is 0 Å². The molecule has 1 fully saturated rings. The lowest BCUT2D eigenvalue weighted by Crippen LogP contribution is -2.05. The number of rotatable bonds is 2. The zero-order chi connectivity index (χ0) is 10.3. The summed E-state index contributed by atoms with van der Waals surface area (Å²) < 4.78 is 1.96. The fourth-order valence-corrected chi connectivity index (χ4v) is 1.51. The molecule has 0 spiro atoms. The van der Waals surface area contributed by atoms with E-state index in [1.807, 2.05) is 10.9 Å².